The second kappa shape index (κ2) is 8.41. The normalized spacial score (nSPS) is 18.1. The van der Waals surface area contributed by atoms with Crippen molar-refractivity contribution in [2.45, 2.75) is 19.4 Å². The second-order valence-corrected chi connectivity index (χ2v) is 9.32. The molecular formula is C20H21Cl2N3O2S. The Bertz CT molecular complexity index is 893. The molecule has 0 spiro atoms. The van der Waals surface area contributed by atoms with Crippen molar-refractivity contribution in [3.63, 3.8) is 0 Å². The largest absolute Gasteiger partial charge is 0.336 e. The lowest BCUT2D eigenvalue weighted by Gasteiger charge is -2.35. The Morgan fingerprint density at radius 3 is 2.46 bits per heavy atom. The fraction of sp³-hybridized carbons (Fsp3) is 0.400. The zero-order chi connectivity index (χ0) is 19.7. The predicted molar refractivity (Wildman–Crippen MR) is 114 cm³/mol. The molecule has 2 saturated heterocycles. The molecule has 2 fully saturated rings. The van der Waals surface area contributed by atoms with Crippen LogP contribution in [-0.4, -0.2) is 54.3 Å². The van der Waals surface area contributed by atoms with E-state index in [-0.39, 0.29) is 11.8 Å². The van der Waals surface area contributed by atoms with E-state index in [9.17, 15) is 9.59 Å². The van der Waals surface area contributed by atoms with E-state index in [0.29, 0.717) is 42.3 Å². The third kappa shape index (κ3) is 4.20. The summed E-state index contributed by atoms with van der Waals surface area (Å²) in [7, 11) is 0. The Morgan fingerprint density at radius 1 is 1.04 bits per heavy atom. The van der Waals surface area contributed by atoms with Crippen LogP contribution in [-0.2, 0) is 11.3 Å². The molecule has 0 radical (unpaired) electrons. The Morgan fingerprint density at radius 2 is 1.82 bits per heavy atom. The Labute approximate surface area is 178 Å². The monoisotopic (exact) mass is 437 g/mol. The van der Waals surface area contributed by atoms with Gasteiger partial charge in [0.2, 0.25) is 5.91 Å². The molecule has 3 heterocycles. The molecule has 28 heavy (non-hydrogen) atoms. The number of anilines is 1. The Kier molecular flexibility index (Phi) is 5.92. The first kappa shape index (κ1) is 19.7. The quantitative estimate of drug-likeness (QED) is 0.721. The fourth-order valence-corrected chi connectivity index (χ4v) is 5.04. The molecular weight excluding hydrogens is 417 g/mol. The van der Waals surface area contributed by atoms with E-state index in [1.807, 2.05) is 11.0 Å². The zero-order valence-corrected chi connectivity index (χ0v) is 17.7. The number of halogens is 2. The first-order valence-corrected chi connectivity index (χ1v) is 10.9. The standard InChI is InChI=1S/C20H21Cl2N3O2S/c21-14-3-5-16(17(12-14)25-7-1-2-19(25)26)20(27)24-10-8-23(9-11-24)13-15-4-6-18(22)28-15/h3-6,12H,1-2,7-11,13H2. The van der Waals surface area contributed by atoms with Crippen molar-refractivity contribution in [1.82, 2.24) is 9.80 Å². The maximum Gasteiger partial charge on any atom is 0.256 e. The summed E-state index contributed by atoms with van der Waals surface area (Å²) in [4.78, 5) is 32.5. The molecule has 0 atom stereocenters. The molecule has 148 valence electrons. The molecule has 0 N–H and O–H groups in total. The van der Waals surface area contributed by atoms with Gasteiger partial charge >= 0.3 is 0 Å². The lowest BCUT2D eigenvalue weighted by atomic mass is 10.1. The summed E-state index contributed by atoms with van der Waals surface area (Å²) < 4.78 is 0.801. The highest BCUT2D eigenvalue weighted by atomic mass is 35.5. The van der Waals surface area contributed by atoms with E-state index in [4.69, 9.17) is 23.2 Å². The zero-order valence-electron chi connectivity index (χ0n) is 15.4. The van der Waals surface area contributed by atoms with Crippen LogP contribution in [0.1, 0.15) is 28.1 Å². The first-order valence-electron chi connectivity index (χ1n) is 9.37. The van der Waals surface area contributed by atoms with Gasteiger partial charge in [0.25, 0.3) is 5.91 Å². The molecule has 8 heteroatoms. The van der Waals surface area contributed by atoms with Gasteiger partial charge in [-0.25, -0.2) is 0 Å². The van der Waals surface area contributed by atoms with E-state index in [1.54, 1.807) is 34.4 Å². The van der Waals surface area contributed by atoms with E-state index in [0.717, 1.165) is 30.4 Å². The van der Waals surface area contributed by atoms with Crippen LogP contribution in [0.4, 0.5) is 5.69 Å². The summed E-state index contributed by atoms with van der Waals surface area (Å²) in [6.45, 7) is 4.44. The highest BCUT2D eigenvalue weighted by Crippen LogP contribution is 2.30. The average Bonchev–Trinajstić information content (AvgIpc) is 3.29. The Hall–Kier alpha value is -1.60. The lowest BCUT2D eigenvalue weighted by Crippen LogP contribution is -2.48. The van der Waals surface area contributed by atoms with Gasteiger partial charge in [0, 0.05) is 55.6 Å². The van der Waals surface area contributed by atoms with Crippen molar-refractivity contribution < 1.29 is 9.59 Å². The number of amides is 2. The summed E-state index contributed by atoms with van der Waals surface area (Å²) in [6, 6.07) is 9.16. The van der Waals surface area contributed by atoms with Crippen molar-refractivity contribution in [2.24, 2.45) is 0 Å². The van der Waals surface area contributed by atoms with Crippen molar-refractivity contribution >= 4 is 52.0 Å². The van der Waals surface area contributed by atoms with Gasteiger partial charge in [0.05, 0.1) is 15.6 Å². The molecule has 0 unspecified atom stereocenters. The van der Waals surface area contributed by atoms with Crippen LogP contribution in [0.15, 0.2) is 30.3 Å². The van der Waals surface area contributed by atoms with Gasteiger partial charge in [0.15, 0.2) is 0 Å². The number of carbonyl (C=O) groups excluding carboxylic acids is 2. The van der Waals surface area contributed by atoms with Crippen LogP contribution >= 0.6 is 34.5 Å². The van der Waals surface area contributed by atoms with Crippen LogP contribution < -0.4 is 4.90 Å². The number of carbonyl (C=O) groups is 2. The topological polar surface area (TPSA) is 43.9 Å². The van der Waals surface area contributed by atoms with Crippen LogP contribution in [0.5, 0.6) is 0 Å². The van der Waals surface area contributed by atoms with E-state index in [2.05, 4.69) is 11.0 Å². The lowest BCUT2D eigenvalue weighted by molar-refractivity contribution is -0.117. The summed E-state index contributed by atoms with van der Waals surface area (Å²) in [5, 5.41) is 0.533. The van der Waals surface area contributed by atoms with Crippen molar-refractivity contribution in [3.8, 4) is 0 Å². The van der Waals surface area contributed by atoms with Gasteiger partial charge < -0.3 is 9.80 Å². The summed E-state index contributed by atoms with van der Waals surface area (Å²) in [5.74, 6) is 0.0147. The third-order valence-electron chi connectivity index (χ3n) is 5.22. The molecule has 2 amide bonds. The van der Waals surface area contributed by atoms with Gasteiger partial charge in [-0.3, -0.25) is 14.5 Å². The van der Waals surface area contributed by atoms with Crippen molar-refractivity contribution in [1.29, 1.82) is 0 Å². The minimum absolute atomic E-state index is 0.0369. The fourth-order valence-electron chi connectivity index (χ4n) is 3.75. The number of nitrogens with zero attached hydrogens (tertiary/aromatic N) is 3. The molecule has 1 aromatic heterocycles. The molecule has 2 aliphatic rings. The van der Waals surface area contributed by atoms with Gasteiger partial charge in [0.1, 0.15) is 0 Å². The minimum Gasteiger partial charge on any atom is -0.336 e. The summed E-state index contributed by atoms with van der Waals surface area (Å²) in [6.07, 6.45) is 1.33. The number of piperazine rings is 1. The Balaban J connectivity index is 1.45. The predicted octanol–water partition coefficient (Wildman–Crippen LogP) is 4.14. The average molecular weight is 438 g/mol. The van der Waals surface area contributed by atoms with E-state index >= 15 is 0 Å². The van der Waals surface area contributed by atoms with Crippen molar-refractivity contribution in [3.05, 3.63) is 50.1 Å². The molecule has 5 nitrogen and oxygen atoms in total. The molecule has 2 aromatic rings. The van der Waals surface area contributed by atoms with Crippen LogP contribution in [0.2, 0.25) is 9.36 Å². The number of rotatable bonds is 4. The maximum absolute atomic E-state index is 13.2. The summed E-state index contributed by atoms with van der Waals surface area (Å²) >= 11 is 13.8. The summed E-state index contributed by atoms with van der Waals surface area (Å²) in [5.41, 5.74) is 1.19. The third-order valence-corrected chi connectivity index (χ3v) is 6.67. The molecule has 0 bridgehead atoms. The van der Waals surface area contributed by atoms with Crippen LogP contribution in [0.25, 0.3) is 0 Å². The van der Waals surface area contributed by atoms with Crippen molar-refractivity contribution in [2.75, 3.05) is 37.6 Å². The molecule has 0 saturated carbocycles. The van der Waals surface area contributed by atoms with Gasteiger partial charge in [-0.05, 0) is 36.8 Å². The maximum atomic E-state index is 13.2. The SMILES string of the molecule is O=C(c1ccc(Cl)cc1N1CCCC1=O)N1CCN(Cc2ccc(Cl)s2)CC1. The molecule has 2 aliphatic heterocycles. The van der Waals surface area contributed by atoms with E-state index in [1.165, 1.54) is 4.88 Å². The van der Waals surface area contributed by atoms with Crippen LogP contribution in [0.3, 0.4) is 0 Å². The number of hydrogen-bond donors (Lipinski definition) is 0. The van der Waals surface area contributed by atoms with Crippen LogP contribution in [0, 0.1) is 0 Å². The number of benzene rings is 1. The highest BCUT2D eigenvalue weighted by molar-refractivity contribution is 7.16. The van der Waals surface area contributed by atoms with Gasteiger partial charge in [-0.15, -0.1) is 11.3 Å². The highest BCUT2D eigenvalue weighted by Gasteiger charge is 2.29. The van der Waals surface area contributed by atoms with Gasteiger partial charge in [-0.1, -0.05) is 23.2 Å². The van der Waals surface area contributed by atoms with Gasteiger partial charge in [-0.2, -0.15) is 0 Å². The molecule has 0 aliphatic carbocycles. The second-order valence-electron chi connectivity index (χ2n) is 7.08. The molecule has 4 rings (SSSR count). The number of thiophene rings is 1. The minimum atomic E-state index is -0.0369. The number of hydrogen-bond acceptors (Lipinski definition) is 4. The molecule has 1 aromatic carbocycles. The van der Waals surface area contributed by atoms with E-state index < -0.39 is 0 Å². The first-order chi connectivity index (χ1) is 13.5. The smallest absolute Gasteiger partial charge is 0.256 e.